The van der Waals surface area contributed by atoms with Gasteiger partial charge in [0.15, 0.2) is 0 Å². The number of amides is 1. The Morgan fingerprint density at radius 3 is 2.47 bits per heavy atom. The van der Waals surface area contributed by atoms with Gasteiger partial charge in [0.25, 0.3) is 0 Å². The van der Waals surface area contributed by atoms with Gasteiger partial charge in [0.1, 0.15) is 0 Å². The summed E-state index contributed by atoms with van der Waals surface area (Å²) in [6.45, 7) is 7.78. The van der Waals surface area contributed by atoms with Crippen molar-refractivity contribution in [3.8, 4) is 0 Å². The van der Waals surface area contributed by atoms with E-state index in [-0.39, 0.29) is 18.4 Å². The van der Waals surface area contributed by atoms with Gasteiger partial charge in [-0.15, -0.1) is 0 Å². The lowest BCUT2D eigenvalue weighted by atomic mass is 9.98. The van der Waals surface area contributed by atoms with E-state index in [1.165, 1.54) is 0 Å². The highest BCUT2D eigenvalue weighted by molar-refractivity contribution is 5.81. The van der Waals surface area contributed by atoms with Crippen molar-refractivity contribution >= 4 is 5.91 Å². The molecule has 0 saturated carbocycles. The monoisotopic (exact) mass is 216 g/mol. The third-order valence-corrected chi connectivity index (χ3v) is 2.96. The Labute approximate surface area is 92.2 Å². The lowest BCUT2D eigenvalue weighted by Gasteiger charge is -2.24. The van der Waals surface area contributed by atoms with Crippen LogP contribution in [0.1, 0.15) is 40.5 Å². The number of carbonyl (C=O) groups excluding carboxylic acids is 1. The highest BCUT2D eigenvalue weighted by Gasteiger charge is 2.23. The summed E-state index contributed by atoms with van der Waals surface area (Å²) < 4.78 is 0. The standard InChI is InChI=1S/C11H24N2O2/c1-5-8(3)9(12)10(14)13-7-11(4,15)6-2/h8-9,15H,5-7,12H2,1-4H3,(H,13,14). The maximum atomic E-state index is 11.6. The first kappa shape index (κ1) is 14.4. The maximum Gasteiger partial charge on any atom is 0.237 e. The van der Waals surface area contributed by atoms with E-state index in [0.29, 0.717) is 6.42 Å². The summed E-state index contributed by atoms with van der Waals surface area (Å²) >= 11 is 0. The molecular formula is C11H24N2O2. The molecule has 0 aromatic carbocycles. The van der Waals surface area contributed by atoms with Crippen LogP contribution in [-0.2, 0) is 4.79 Å². The van der Waals surface area contributed by atoms with Gasteiger partial charge in [-0.05, 0) is 19.3 Å². The van der Waals surface area contributed by atoms with Crippen LogP contribution in [0.15, 0.2) is 0 Å². The van der Waals surface area contributed by atoms with Crippen LogP contribution in [0.4, 0.5) is 0 Å². The third-order valence-electron chi connectivity index (χ3n) is 2.96. The molecule has 0 aliphatic rings. The zero-order chi connectivity index (χ0) is 12.1. The zero-order valence-electron chi connectivity index (χ0n) is 10.2. The van der Waals surface area contributed by atoms with E-state index >= 15 is 0 Å². The van der Waals surface area contributed by atoms with Crippen LogP contribution in [0.2, 0.25) is 0 Å². The van der Waals surface area contributed by atoms with Crippen molar-refractivity contribution in [2.75, 3.05) is 6.54 Å². The molecule has 90 valence electrons. The van der Waals surface area contributed by atoms with Crippen LogP contribution in [0.25, 0.3) is 0 Å². The molecule has 4 N–H and O–H groups in total. The van der Waals surface area contributed by atoms with Crippen molar-refractivity contribution in [1.29, 1.82) is 0 Å². The van der Waals surface area contributed by atoms with Crippen LogP contribution in [0, 0.1) is 5.92 Å². The number of hydrogen-bond donors (Lipinski definition) is 3. The van der Waals surface area contributed by atoms with E-state index in [1.807, 2.05) is 20.8 Å². The summed E-state index contributed by atoms with van der Waals surface area (Å²) in [7, 11) is 0. The van der Waals surface area contributed by atoms with Crippen molar-refractivity contribution in [2.45, 2.75) is 52.2 Å². The van der Waals surface area contributed by atoms with Crippen molar-refractivity contribution in [1.82, 2.24) is 5.32 Å². The average molecular weight is 216 g/mol. The first-order valence-corrected chi connectivity index (χ1v) is 5.59. The highest BCUT2D eigenvalue weighted by Crippen LogP contribution is 2.08. The van der Waals surface area contributed by atoms with E-state index < -0.39 is 11.6 Å². The predicted molar refractivity (Wildman–Crippen MR) is 61.4 cm³/mol. The lowest BCUT2D eigenvalue weighted by molar-refractivity contribution is -0.124. The molecule has 0 aromatic heterocycles. The molecule has 1 amide bonds. The van der Waals surface area contributed by atoms with Gasteiger partial charge in [0.05, 0.1) is 11.6 Å². The average Bonchev–Trinajstić information content (AvgIpc) is 2.23. The van der Waals surface area contributed by atoms with Gasteiger partial charge in [-0.25, -0.2) is 0 Å². The lowest BCUT2D eigenvalue weighted by Crippen LogP contribution is -2.49. The number of hydrogen-bond acceptors (Lipinski definition) is 3. The van der Waals surface area contributed by atoms with Crippen LogP contribution < -0.4 is 11.1 Å². The molecule has 0 fully saturated rings. The molecule has 0 spiro atoms. The first-order valence-electron chi connectivity index (χ1n) is 5.59. The Hall–Kier alpha value is -0.610. The summed E-state index contributed by atoms with van der Waals surface area (Å²) in [5.41, 5.74) is 4.91. The molecular weight excluding hydrogens is 192 g/mol. The van der Waals surface area contributed by atoms with Crippen molar-refractivity contribution < 1.29 is 9.90 Å². The molecule has 4 heteroatoms. The zero-order valence-corrected chi connectivity index (χ0v) is 10.2. The summed E-state index contributed by atoms with van der Waals surface area (Å²) in [5, 5.41) is 12.4. The topological polar surface area (TPSA) is 75.4 Å². The normalized spacial score (nSPS) is 19.1. The molecule has 0 heterocycles. The molecule has 15 heavy (non-hydrogen) atoms. The van der Waals surface area contributed by atoms with E-state index in [4.69, 9.17) is 5.73 Å². The Morgan fingerprint density at radius 1 is 1.53 bits per heavy atom. The van der Waals surface area contributed by atoms with Crippen LogP contribution >= 0.6 is 0 Å². The molecule has 0 radical (unpaired) electrons. The fraction of sp³-hybridized carbons (Fsp3) is 0.909. The number of nitrogens with two attached hydrogens (primary N) is 1. The second-order valence-corrected chi connectivity index (χ2v) is 4.48. The molecule has 0 rings (SSSR count). The quantitative estimate of drug-likeness (QED) is 0.610. The molecule has 0 aromatic rings. The SMILES string of the molecule is CCC(C)C(N)C(=O)NCC(C)(O)CC. The molecule has 0 saturated heterocycles. The van der Waals surface area contributed by atoms with Crippen molar-refractivity contribution in [2.24, 2.45) is 11.7 Å². The first-order chi connectivity index (χ1) is 6.84. The second kappa shape index (κ2) is 6.08. The summed E-state index contributed by atoms with van der Waals surface area (Å²) in [6.07, 6.45) is 1.48. The Morgan fingerprint density at radius 2 is 2.07 bits per heavy atom. The summed E-state index contributed by atoms with van der Waals surface area (Å²) in [6, 6.07) is -0.484. The van der Waals surface area contributed by atoms with Gasteiger partial charge in [0, 0.05) is 6.54 Å². The third kappa shape index (κ3) is 5.14. The van der Waals surface area contributed by atoms with Crippen LogP contribution in [-0.4, -0.2) is 29.2 Å². The Bertz CT molecular complexity index is 205. The van der Waals surface area contributed by atoms with E-state index in [2.05, 4.69) is 5.32 Å². The molecule has 4 nitrogen and oxygen atoms in total. The fourth-order valence-corrected chi connectivity index (χ4v) is 1.03. The Balaban J connectivity index is 4.04. The highest BCUT2D eigenvalue weighted by atomic mass is 16.3. The van der Waals surface area contributed by atoms with Gasteiger partial charge in [-0.1, -0.05) is 27.2 Å². The van der Waals surface area contributed by atoms with Crippen molar-refractivity contribution in [3.05, 3.63) is 0 Å². The van der Waals surface area contributed by atoms with Crippen molar-refractivity contribution in [3.63, 3.8) is 0 Å². The molecule has 3 unspecified atom stereocenters. The second-order valence-electron chi connectivity index (χ2n) is 4.48. The number of carbonyl (C=O) groups is 1. The molecule has 0 aliphatic carbocycles. The summed E-state index contributed by atoms with van der Waals surface area (Å²) in [4.78, 5) is 11.6. The van der Waals surface area contributed by atoms with Crippen LogP contribution in [0.5, 0.6) is 0 Å². The smallest absolute Gasteiger partial charge is 0.237 e. The van der Waals surface area contributed by atoms with Crippen LogP contribution in [0.3, 0.4) is 0 Å². The van der Waals surface area contributed by atoms with Gasteiger partial charge in [-0.3, -0.25) is 4.79 Å². The van der Waals surface area contributed by atoms with E-state index in [9.17, 15) is 9.90 Å². The minimum Gasteiger partial charge on any atom is -0.388 e. The predicted octanol–water partition coefficient (Wildman–Crippen LogP) is 0.637. The minimum atomic E-state index is -0.842. The molecule has 3 atom stereocenters. The van der Waals surface area contributed by atoms with E-state index in [1.54, 1.807) is 6.92 Å². The van der Waals surface area contributed by atoms with Gasteiger partial charge in [-0.2, -0.15) is 0 Å². The van der Waals surface area contributed by atoms with Gasteiger partial charge >= 0.3 is 0 Å². The number of nitrogens with one attached hydrogen (secondary N) is 1. The maximum absolute atomic E-state index is 11.6. The fourth-order valence-electron chi connectivity index (χ4n) is 1.03. The minimum absolute atomic E-state index is 0.163. The largest absolute Gasteiger partial charge is 0.388 e. The molecule has 0 aliphatic heterocycles. The number of aliphatic hydroxyl groups is 1. The Kier molecular flexibility index (Phi) is 5.83. The van der Waals surface area contributed by atoms with E-state index in [0.717, 1.165) is 6.42 Å². The summed E-state index contributed by atoms with van der Waals surface area (Å²) in [5.74, 6) is -0.0188. The van der Waals surface area contributed by atoms with Gasteiger partial charge in [0.2, 0.25) is 5.91 Å². The molecule has 0 bridgehead atoms. The number of rotatable bonds is 6. The van der Waals surface area contributed by atoms with Gasteiger partial charge < -0.3 is 16.2 Å².